The van der Waals surface area contributed by atoms with Crippen molar-refractivity contribution >= 4 is 39.0 Å². The summed E-state index contributed by atoms with van der Waals surface area (Å²) in [6.45, 7) is 0. The second kappa shape index (κ2) is 6.22. The summed E-state index contributed by atoms with van der Waals surface area (Å²) in [4.78, 5) is 11.6. The van der Waals surface area contributed by atoms with Gasteiger partial charge in [-0.25, -0.2) is 18.4 Å². The predicted molar refractivity (Wildman–Crippen MR) is 83.6 cm³/mol. The van der Waals surface area contributed by atoms with E-state index in [4.69, 9.17) is 16.7 Å². The lowest BCUT2D eigenvalue weighted by Gasteiger charge is -2.11. The van der Waals surface area contributed by atoms with Crippen LogP contribution in [-0.2, 0) is 10.0 Å². The number of aromatic hydroxyl groups is 1. The Balaban J connectivity index is 2.20. The molecule has 5 N–H and O–H groups in total. The summed E-state index contributed by atoms with van der Waals surface area (Å²) in [6.07, 6.45) is 0. The van der Waals surface area contributed by atoms with Gasteiger partial charge < -0.3 is 15.7 Å². The van der Waals surface area contributed by atoms with Gasteiger partial charge >= 0.3 is 6.03 Å². The molecule has 0 fully saturated rings. The van der Waals surface area contributed by atoms with Gasteiger partial charge in [0.15, 0.2) is 0 Å². The first-order valence-corrected chi connectivity index (χ1v) is 7.88. The van der Waals surface area contributed by atoms with Crippen molar-refractivity contribution in [3.63, 3.8) is 0 Å². The lowest BCUT2D eigenvalue weighted by atomic mass is 10.3. The van der Waals surface area contributed by atoms with Gasteiger partial charge in [0.2, 0.25) is 10.0 Å². The molecule has 2 rings (SSSR count). The van der Waals surface area contributed by atoms with Gasteiger partial charge in [-0.15, -0.1) is 0 Å². The summed E-state index contributed by atoms with van der Waals surface area (Å²) in [5.41, 5.74) is 0.264. The average Bonchev–Trinajstić information content (AvgIpc) is 2.42. The molecule has 0 atom stereocenters. The number of benzene rings is 2. The molecular weight excluding hydrogens is 330 g/mol. The SMILES string of the molecule is NS(=O)(=O)c1ccc(O)c(NC(=O)Nc2ccccc2Cl)c1. The zero-order chi connectivity index (χ0) is 16.3. The van der Waals surface area contributed by atoms with Crippen molar-refractivity contribution < 1.29 is 18.3 Å². The first-order valence-electron chi connectivity index (χ1n) is 5.96. The number of nitrogens with two attached hydrogens (primary N) is 1. The summed E-state index contributed by atoms with van der Waals surface area (Å²) in [7, 11) is -3.95. The van der Waals surface area contributed by atoms with E-state index in [0.29, 0.717) is 10.7 Å². The van der Waals surface area contributed by atoms with Crippen LogP contribution in [0.25, 0.3) is 0 Å². The third-order valence-electron chi connectivity index (χ3n) is 2.67. The molecule has 0 radical (unpaired) electrons. The number of phenolic OH excluding ortho intramolecular Hbond substituents is 1. The molecule has 0 aliphatic rings. The van der Waals surface area contributed by atoms with E-state index >= 15 is 0 Å². The third kappa shape index (κ3) is 3.88. The van der Waals surface area contributed by atoms with Crippen LogP contribution in [-0.4, -0.2) is 19.6 Å². The van der Waals surface area contributed by atoms with Gasteiger partial charge in [0.1, 0.15) is 5.75 Å². The number of urea groups is 1. The largest absolute Gasteiger partial charge is 0.506 e. The van der Waals surface area contributed by atoms with Crippen LogP contribution < -0.4 is 15.8 Å². The van der Waals surface area contributed by atoms with Crippen molar-refractivity contribution in [1.29, 1.82) is 0 Å². The number of anilines is 2. The Kier molecular flexibility index (Phi) is 4.55. The van der Waals surface area contributed by atoms with Gasteiger partial charge in [0.05, 0.1) is 21.3 Å². The highest BCUT2D eigenvalue weighted by Crippen LogP contribution is 2.26. The molecule has 2 aromatic rings. The van der Waals surface area contributed by atoms with Crippen molar-refractivity contribution in [3.05, 3.63) is 47.5 Å². The molecule has 7 nitrogen and oxygen atoms in total. The van der Waals surface area contributed by atoms with Gasteiger partial charge in [0, 0.05) is 0 Å². The molecule has 2 aromatic carbocycles. The van der Waals surface area contributed by atoms with Crippen LogP contribution in [0.4, 0.5) is 16.2 Å². The minimum atomic E-state index is -3.95. The van der Waals surface area contributed by atoms with Gasteiger partial charge in [-0.1, -0.05) is 23.7 Å². The van der Waals surface area contributed by atoms with Crippen molar-refractivity contribution in [1.82, 2.24) is 0 Å². The molecule has 0 bridgehead atoms. The highest BCUT2D eigenvalue weighted by Gasteiger charge is 2.13. The van der Waals surface area contributed by atoms with Gasteiger partial charge in [-0.3, -0.25) is 0 Å². The molecule has 0 aliphatic carbocycles. The minimum absolute atomic E-state index is 0.101. The molecule has 0 aromatic heterocycles. The Bertz CT molecular complexity index is 824. The monoisotopic (exact) mass is 341 g/mol. The number of sulfonamides is 1. The summed E-state index contributed by atoms with van der Waals surface area (Å²) in [6, 6.07) is 9.16. The van der Waals surface area contributed by atoms with E-state index in [0.717, 1.165) is 18.2 Å². The molecule has 0 heterocycles. The van der Waals surface area contributed by atoms with E-state index in [9.17, 15) is 18.3 Å². The highest BCUT2D eigenvalue weighted by molar-refractivity contribution is 7.89. The Labute approximate surface area is 131 Å². The van der Waals surface area contributed by atoms with Crippen molar-refractivity contribution in [2.24, 2.45) is 5.14 Å². The van der Waals surface area contributed by atoms with Crippen LogP contribution in [0.3, 0.4) is 0 Å². The van der Waals surface area contributed by atoms with Crippen LogP contribution in [0.1, 0.15) is 0 Å². The van der Waals surface area contributed by atoms with Crippen molar-refractivity contribution in [3.8, 4) is 5.75 Å². The second-order valence-electron chi connectivity index (χ2n) is 4.28. The number of carbonyl (C=O) groups is 1. The predicted octanol–water partition coefficient (Wildman–Crippen LogP) is 2.34. The molecule has 9 heteroatoms. The highest BCUT2D eigenvalue weighted by atomic mass is 35.5. The fourth-order valence-electron chi connectivity index (χ4n) is 1.63. The summed E-state index contributed by atoms with van der Waals surface area (Å²) >= 11 is 5.90. The van der Waals surface area contributed by atoms with E-state index < -0.39 is 16.1 Å². The number of primary sulfonamides is 1. The molecule has 22 heavy (non-hydrogen) atoms. The van der Waals surface area contributed by atoms with E-state index in [1.54, 1.807) is 24.3 Å². The molecule has 116 valence electrons. The van der Waals surface area contributed by atoms with Crippen LogP contribution in [0.15, 0.2) is 47.4 Å². The number of hydrogen-bond donors (Lipinski definition) is 4. The number of nitrogens with one attached hydrogen (secondary N) is 2. The Morgan fingerprint density at radius 2 is 1.73 bits per heavy atom. The molecule has 2 amide bonds. The van der Waals surface area contributed by atoms with E-state index in [1.807, 2.05) is 0 Å². The van der Waals surface area contributed by atoms with E-state index in [2.05, 4.69) is 10.6 Å². The average molecular weight is 342 g/mol. The zero-order valence-corrected chi connectivity index (χ0v) is 12.6. The van der Waals surface area contributed by atoms with Crippen LogP contribution in [0, 0.1) is 0 Å². The second-order valence-corrected chi connectivity index (χ2v) is 6.25. The Morgan fingerprint density at radius 3 is 2.36 bits per heavy atom. The summed E-state index contributed by atoms with van der Waals surface area (Å²) in [5.74, 6) is -0.304. The first kappa shape index (κ1) is 16.1. The van der Waals surface area contributed by atoms with Gasteiger partial charge in [-0.2, -0.15) is 0 Å². The number of para-hydroxylation sites is 1. The van der Waals surface area contributed by atoms with Crippen LogP contribution in [0.5, 0.6) is 5.75 Å². The Morgan fingerprint density at radius 1 is 1.09 bits per heavy atom. The molecule has 0 unspecified atom stereocenters. The lowest BCUT2D eigenvalue weighted by molar-refractivity contribution is 0.262. The maximum absolute atomic E-state index is 11.9. The maximum Gasteiger partial charge on any atom is 0.323 e. The summed E-state index contributed by atoms with van der Waals surface area (Å²) in [5, 5.41) is 19.8. The minimum Gasteiger partial charge on any atom is -0.506 e. The number of rotatable bonds is 3. The fourth-order valence-corrected chi connectivity index (χ4v) is 2.35. The molecule has 0 saturated carbocycles. The molecule has 0 saturated heterocycles. The van der Waals surface area contributed by atoms with Crippen LogP contribution in [0.2, 0.25) is 5.02 Å². The topological polar surface area (TPSA) is 122 Å². The lowest BCUT2D eigenvalue weighted by Crippen LogP contribution is -2.20. The molecule has 0 spiro atoms. The smallest absolute Gasteiger partial charge is 0.323 e. The first-order chi connectivity index (χ1) is 10.3. The summed E-state index contributed by atoms with van der Waals surface area (Å²) < 4.78 is 22.5. The Hall–Kier alpha value is -2.29. The molecular formula is C13H12ClN3O4S. The quantitative estimate of drug-likeness (QED) is 0.640. The van der Waals surface area contributed by atoms with Crippen LogP contribution >= 0.6 is 11.6 Å². The number of amides is 2. The molecule has 0 aliphatic heterocycles. The number of halogens is 1. The van der Waals surface area contributed by atoms with Gasteiger partial charge in [0.25, 0.3) is 0 Å². The van der Waals surface area contributed by atoms with Crippen molar-refractivity contribution in [2.75, 3.05) is 10.6 Å². The van der Waals surface area contributed by atoms with E-state index in [-0.39, 0.29) is 16.3 Å². The van der Waals surface area contributed by atoms with Gasteiger partial charge in [-0.05, 0) is 30.3 Å². The normalized spacial score (nSPS) is 11.0. The maximum atomic E-state index is 11.9. The third-order valence-corrected chi connectivity index (χ3v) is 3.91. The zero-order valence-electron chi connectivity index (χ0n) is 11.1. The standard InChI is InChI=1S/C13H12ClN3O4S/c14-9-3-1-2-4-10(9)16-13(19)17-11-7-8(22(15,20)21)5-6-12(11)18/h1-7,18H,(H2,15,20,21)(H2,16,17,19). The number of hydrogen-bond acceptors (Lipinski definition) is 4. The number of phenols is 1. The van der Waals surface area contributed by atoms with E-state index in [1.165, 1.54) is 0 Å². The number of carbonyl (C=O) groups excluding carboxylic acids is 1. The fraction of sp³-hybridized carbons (Fsp3) is 0. The van der Waals surface area contributed by atoms with Crippen molar-refractivity contribution in [2.45, 2.75) is 4.90 Å².